The molecule has 9 heteroatoms. The van der Waals surface area contributed by atoms with Crippen molar-refractivity contribution in [2.24, 2.45) is 5.73 Å². The maximum atomic E-state index is 11.7. The zero-order valence-electron chi connectivity index (χ0n) is 15.6. The number of primary amides is 1. The van der Waals surface area contributed by atoms with Gasteiger partial charge >= 0.3 is 0 Å². The maximum Gasteiger partial charge on any atom is 0.271 e. The largest absolute Gasteiger partial charge is 0.462 e. The second-order valence-corrected chi connectivity index (χ2v) is 7.88. The molecule has 2 N–H and O–H groups in total. The summed E-state index contributed by atoms with van der Waals surface area (Å²) in [7, 11) is 3.73. The van der Waals surface area contributed by atoms with E-state index in [0.29, 0.717) is 11.3 Å². The molecule has 0 saturated carbocycles. The van der Waals surface area contributed by atoms with E-state index in [-0.39, 0.29) is 5.69 Å². The van der Waals surface area contributed by atoms with E-state index in [0.717, 1.165) is 26.5 Å². The minimum Gasteiger partial charge on any atom is -0.462 e. The minimum atomic E-state index is -0.619. The fourth-order valence-corrected chi connectivity index (χ4v) is 3.52. The van der Waals surface area contributed by atoms with Crippen molar-refractivity contribution in [3.63, 3.8) is 0 Å². The van der Waals surface area contributed by atoms with Crippen molar-refractivity contribution in [2.75, 3.05) is 14.1 Å². The summed E-state index contributed by atoms with van der Waals surface area (Å²) < 4.78 is 7.02. The lowest BCUT2D eigenvalue weighted by molar-refractivity contribution is 0.0996. The number of rotatable bonds is 3. The number of thiol groups is 1. The van der Waals surface area contributed by atoms with Crippen LogP contribution in [0.4, 0.5) is 0 Å². The number of aromatic nitrogens is 3. The van der Waals surface area contributed by atoms with Gasteiger partial charge < -0.3 is 10.2 Å². The molecule has 0 unspecified atom stereocenters. The molecule has 7 nitrogen and oxygen atoms in total. The van der Waals surface area contributed by atoms with Gasteiger partial charge in [0, 0.05) is 23.3 Å². The Bertz CT molecular complexity index is 1100. The van der Waals surface area contributed by atoms with Crippen LogP contribution in [0, 0.1) is 6.92 Å². The molecule has 0 radical (unpaired) electrons. The summed E-state index contributed by atoms with van der Waals surface area (Å²) in [5.74, 6) is -0.619. The van der Waals surface area contributed by atoms with Crippen molar-refractivity contribution >= 4 is 41.0 Å². The number of thiazole rings is 1. The first kappa shape index (κ1) is 20.0. The second-order valence-electron chi connectivity index (χ2n) is 6.08. The Morgan fingerprint density at radius 3 is 2.68 bits per heavy atom. The SMILES string of the molecule is CN(C)S.Cc1nc(-c2cccnc2)sc1-c1cc2ccoc2c(C(N)=O)n1. The average Bonchev–Trinajstić information content (AvgIpc) is 3.27. The number of carbonyl (C=O) groups excluding carboxylic acids is 1. The Hall–Kier alpha value is -2.75. The third kappa shape index (κ3) is 4.38. The summed E-state index contributed by atoms with van der Waals surface area (Å²) in [6.07, 6.45) is 5.01. The molecule has 0 fully saturated rings. The topological polar surface area (TPSA) is 98.1 Å². The number of nitrogens with two attached hydrogens (primary N) is 1. The number of aryl methyl sites for hydroxylation is 1. The van der Waals surface area contributed by atoms with Crippen LogP contribution in [0.15, 0.2) is 47.3 Å². The van der Waals surface area contributed by atoms with Crippen LogP contribution in [-0.2, 0) is 0 Å². The Morgan fingerprint density at radius 1 is 1.29 bits per heavy atom. The van der Waals surface area contributed by atoms with Crippen molar-refractivity contribution in [1.29, 1.82) is 0 Å². The number of amides is 1. The number of carbonyl (C=O) groups is 1. The molecule has 4 heterocycles. The lowest BCUT2D eigenvalue weighted by atomic mass is 10.2. The number of furan rings is 1. The van der Waals surface area contributed by atoms with Crippen molar-refractivity contribution in [3.8, 4) is 21.1 Å². The van der Waals surface area contributed by atoms with Crippen LogP contribution in [0.25, 0.3) is 32.1 Å². The van der Waals surface area contributed by atoms with Crippen LogP contribution in [0.1, 0.15) is 16.2 Å². The Kier molecular flexibility index (Phi) is 6.08. The van der Waals surface area contributed by atoms with E-state index in [4.69, 9.17) is 10.2 Å². The van der Waals surface area contributed by atoms with Crippen LogP contribution in [0.5, 0.6) is 0 Å². The predicted octanol–water partition coefficient (Wildman–Crippen LogP) is 3.81. The monoisotopic (exact) mass is 413 g/mol. The maximum absolute atomic E-state index is 11.7. The highest BCUT2D eigenvalue weighted by Gasteiger charge is 2.18. The molecule has 28 heavy (non-hydrogen) atoms. The van der Waals surface area contributed by atoms with Gasteiger partial charge in [0.05, 0.1) is 22.5 Å². The standard InChI is InChI=1S/C17H12N4O2S.C2H7NS/c1-9-15(24-17(20-9)11-3-2-5-19-8-11)12-7-10-4-6-23-14(10)13(21-12)16(18)22;1-3(2)4/h2-8H,1H3,(H2,18,22);4H,1-2H3. The van der Waals surface area contributed by atoms with Crippen molar-refractivity contribution in [1.82, 2.24) is 19.3 Å². The second kappa shape index (κ2) is 8.51. The van der Waals surface area contributed by atoms with E-state index >= 15 is 0 Å². The van der Waals surface area contributed by atoms with Gasteiger partial charge in [0.25, 0.3) is 5.91 Å². The zero-order valence-corrected chi connectivity index (χ0v) is 17.3. The molecule has 0 atom stereocenters. The molecule has 4 aromatic heterocycles. The van der Waals surface area contributed by atoms with Gasteiger partial charge in [-0.2, -0.15) is 0 Å². The van der Waals surface area contributed by atoms with Crippen molar-refractivity contribution < 1.29 is 9.21 Å². The Balaban J connectivity index is 0.000000516. The lowest BCUT2D eigenvalue weighted by Gasteiger charge is -2.02. The summed E-state index contributed by atoms with van der Waals surface area (Å²) in [6, 6.07) is 7.48. The summed E-state index contributed by atoms with van der Waals surface area (Å²) >= 11 is 5.30. The van der Waals surface area contributed by atoms with Gasteiger partial charge in [-0.1, -0.05) is 12.8 Å². The third-order valence-electron chi connectivity index (χ3n) is 3.61. The van der Waals surface area contributed by atoms with E-state index in [1.807, 2.05) is 39.2 Å². The summed E-state index contributed by atoms with van der Waals surface area (Å²) in [4.78, 5) is 25.7. The van der Waals surface area contributed by atoms with Gasteiger partial charge in [-0.25, -0.2) is 9.97 Å². The molecule has 0 aliphatic carbocycles. The Labute approximate surface area is 171 Å². The van der Waals surface area contributed by atoms with Crippen LogP contribution in [0.3, 0.4) is 0 Å². The molecule has 0 aliphatic rings. The van der Waals surface area contributed by atoms with E-state index in [2.05, 4.69) is 27.8 Å². The molecular weight excluding hydrogens is 394 g/mol. The molecule has 0 spiro atoms. The number of hydrogen-bond donors (Lipinski definition) is 2. The molecule has 0 aliphatic heterocycles. The molecule has 0 bridgehead atoms. The minimum absolute atomic E-state index is 0.128. The van der Waals surface area contributed by atoms with Crippen LogP contribution in [-0.4, -0.2) is 39.3 Å². The molecule has 144 valence electrons. The molecule has 0 saturated heterocycles. The fraction of sp³-hybridized carbons (Fsp3) is 0.158. The zero-order chi connectivity index (χ0) is 20.3. The van der Waals surface area contributed by atoms with Crippen molar-refractivity contribution in [3.05, 3.63) is 54.3 Å². The van der Waals surface area contributed by atoms with Gasteiger partial charge in [-0.05, 0) is 45.3 Å². The first-order chi connectivity index (χ1) is 13.4. The number of pyridine rings is 2. The normalized spacial score (nSPS) is 10.8. The molecule has 1 amide bonds. The Morgan fingerprint density at radius 2 is 2.04 bits per heavy atom. The number of nitrogens with zero attached hydrogens (tertiary/aromatic N) is 4. The highest BCUT2D eigenvalue weighted by Crippen LogP contribution is 2.35. The molecule has 4 aromatic rings. The van der Waals surface area contributed by atoms with E-state index in [1.165, 1.54) is 17.6 Å². The van der Waals surface area contributed by atoms with Gasteiger partial charge in [0.15, 0.2) is 11.3 Å². The number of fused-ring (bicyclic) bond motifs is 1. The van der Waals surface area contributed by atoms with Gasteiger partial charge in [0.1, 0.15) is 5.01 Å². The first-order valence-electron chi connectivity index (χ1n) is 8.29. The number of hydrogen-bond acceptors (Lipinski definition) is 8. The molecular formula is C19H19N5O2S2. The average molecular weight is 414 g/mol. The quantitative estimate of drug-likeness (QED) is 0.496. The van der Waals surface area contributed by atoms with Crippen LogP contribution in [0.2, 0.25) is 0 Å². The first-order valence-corrected chi connectivity index (χ1v) is 9.51. The lowest BCUT2D eigenvalue weighted by Crippen LogP contribution is -2.13. The molecule has 0 aromatic carbocycles. The van der Waals surface area contributed by atoms with E-state index in [1.54, 1.807) is 22.8 Å². The fourth-order valence-electron chi connectivity index (χ4n) is 2.51. The highest BCUT2D eigenvalue weighted by molar-refractivity contribution is 7.77. The summed E-state index contributed by atoms with van der Waals surface area (Å²) in [6.45, 7) is 1.91. The summed E-state index contributed by atoms with van der Waals surface area (Å²) in [5, 5.41) is 1.63. The smallest absolute Gasteiger partial charge is 0.271 e. The van der Waals surface area contributed by atoms with Crippen LogP contribution >= 0.6 is 24.2 Å². The van der Waals surface area contributed by atoms with Crippen molar-refractivity contribution in [2.45, 2.75) is 6.92 Å². The van der Waals surface area contributed by atoms with E-state index < -0.39 is 5.91 Å². The van der Waals surface area contributed by atoms with Crippen LogP contribution < -0.4 is 5.73 Å². The van der Waals surface area contributed by atoms with E-state index in [9.17, 15) is 4.79 Å². The molecule has 4 rings (SSSR count). The highest BCUT2D eigenvalue weighted by atomic mass is 32.1. The van der Waals surface area contributed by atoms with Gasteiger partial charge in [-0.3, -0.25) is 14.1 Å². The van der Waals surface area contributed by atoms with Gasteiger partial charge in [-0.15, -0.1) is 11.3 Å². The van der Waals surface area contributed by atoms with Gasteiger partial charge in [0.2, 0.25) is 0 Å². The predicted molar refractivity (Wildman–Crippen MR) is 114 cm³/mol. The summed E-state index contributed by atoms with van der Waals surface area (Å²) in [5.41, 5.74) is 8.40. The third-order valence-corrected chi connectivity index (χ3v) is 4.84.